The Balaban J connectivity index is 2.19. The molecule has 3 heteroatoms. The molecular formula is C7H13N2O. The lowest BCUT2D eigenvalue weighted by atomic mass is 10.1. The van der Waals surface area contributed by atoms with Gasteiger partial charge in [-0.05, 0) is 33.0 Å². The summed E-state index contributed by atoms with van der Waals surface area (Å²) < 4.78 is 0. The van der Waals surface area contributed by atoms with Gasteiger partial charge < -0.3 is 4.90 Å². The van der Waals surface area contributed by atoms with Crippen LogP contribution in [0.3, 0.4) is 0 Å². The zero-order valence-corrected chi connectivity index (χ0v) is 6.29. The smallest absolute Gasteiger partial charge is 0.228 e. The van der Waals surface area contributed by atoms with Crippen molar-refractivity contribution in [3.63, 3.8) is 0 Å². The first-order chi connectivity index (χ1) is 4.83. The minimum Gasteiger partial charge on any atom is -0.306 e. The van der Waals surface area contributed by atoms with Crippen molar-refractivity contribution in [2.24, 2.45) is 0 Å². The second-order valence-electron chi connectivity index (χ2n) is 2.79. The third-order valence-electron chi connectivity index (χ3n) is 1.96. The fourth-order valence-corrected chi connectivity index (χ4v) is 1.23. The van der Waals surface area contributed by atoms with E-state index in [1.54, 1.807) is 0 Å². The maximum absolute atomic E-state index is 9.97. The summed E-state index contributed by atoms with van der Waals surface area (Å²) in [7, 11) is 2.09. The molecule has 0 aromatic carbocycles. The Hall–Kier alpha value is -0.570. The van der Waals surface area contributed by atoms with Gasteiger partial charge in [-0.1, -0.05) is 0 Å². The van der Waals surface area contributed by atoms with E-state index in [2.05, 4.69) is 17.3 Å². The normalized spacial score (nSPS) is 22.5. The molecule has 10 heavy (non-hydrogen) atoms. The zero-order valence-electron chi connectivity index (χ0n) is 6.29. The van der Waals surface area contributed by atoms with Crippen molar-refractivity contribution < 1.29 is 4.79 Å². The highest BCUT2D eigenvalue weighted by Gasteiger charge is 2.16. The number of hydrogen-bond donors (Lipinski definition) is 0. The molecule has 0 spiro atoms. The van der Waals surface area contributed by atoms with Crippen LogP contribution in [0.5, 0.6) is 0 Å². The summed E-state index contributed by atoms with van der Waals surface area (Å²) in [5, 5.41) is 3.81. The van der Waals surface area contributed by atoms with E-state index in [9.17, 15) is 4.79 Å². The molecule has 1 aliphatic rings. The quantitative estimate of drug-likeness (QED) is 0.501. The Morgan fingerprint density at radius 2 is 2.10 bits per heavy atom. The number of carbonyl (C=O) groups is 1. The summed E-state index contributed by atoms with van der Waals surface area (Å²) in [5.41, 5.74) is 0. The third kappa shape index (κ3) is 1.99. The monoisotopic (exact) mass is 141 g/mol. The number of amides is 1. The standard InChI is InChI=1S/C7H13N2O/c1-9-4-2-7(3-5-9)8-6-10/h6-7H,2-5H2,1H3. The first-order valence-corrected chi connectivity index (χ1v) is 3.65. The topological polar surface area (TPSA) is 34.4 Å². The van der Waals surface area contributed by atoms with Gasteiger partial charge in [0.1, 0.15) is 0 Å². The molecule has 1 heterocycles. The molecule has 0 aliphatic carbocycles. The highest BCUT2D eigenvalue weighted by molar-refractivity contribution is 5.46. The maximum atomic E-state index is 9.97. The van der Waals surface area contributed by atoms with Crippen LogP contribution in [0, 0.1) is 0 Å². The number of piperidine rings is 1. The molecule has 1 saturated heterocycles. The first kappa shape index (κ1) is 7.54. The molecule has 1 rings (SSSR count). The Morgan fingerprint density at radius 3 is 2.60 bits per heavy atom. The number of hydrogen-bond acceptors (Lipinski definition) is 2. The molecular weight excluding hydrogens is 128 g/mol. The molecule has 57 valence electrons. The fourth-order valence-electron chi connectivity index (χ4n) is 1.23. The molecule has 1 amide bonds. The Morgan fingerprint density at radius 1 is 1.50 bits per heavy atom. The second kappa shape index (κ2) is 3.56. The van der Waals surface area contributed by atoms with Crippen LogP contribution < -0.4 is 5.32 Å². The van der Waals surface area contributed by atoms with Crippen molar-refractivity contribution in [1.29, 1.82) is 0 Å². The summed E-state index contributed by atoms with van der Waals surface area (Å²) in [6.45, 7) is 2.14. The molecule has 0 saturated carbocycles. The fraction of sp³-hybridized carbons (Fsp3) is 0.857. The molecule has 0 bridgehead atoms. The van der Waals surface area contributed by atoms with Crippen LogP contribution in [0.2, 0.25) is 0 Å². The number of likely N-dealkylation sites (tertiary alicyclic amines) is 1. The van der Waals surface area contributed by atoms with E-state index in [0.29, 0.717) is 12.5 Å². The Labute approximate surface area is 61.4 Å². The van der Waals surface area contributed by atoms with Gasteiger partial charge in [0, 0.05) is 0 Å². The molecule has 1 radical (unpaired) electrons. The van der Waals surface area contributed by atoms with Gasteiger partial charge >= 0.3 is 0 Å². The van der Waals surface area contributed by atoms with Crippen molar-refractivity contribution in [3.8, 4) is 0 Å². The van der Waals surface area contributed by atoms with E-state index in [-0.39, 0.29) is 0 Å². The van der Waals surface area contributed by atoms with Crippen LogP contribution in [0.25, 0.3) is 0 Å². The van der Waals surface area contributed by atoms with Gasteiger partial charge in [-0.25, -0.2) is 0 Å². The predicted molar refractivity (Wildman–Crippen MR) is 38.7 cm³/mol. The molecule has 0 aromatic rings. The zero-order chi connectivity index (χ0) is 7.40. The van der Waals surface area contributed by atoms with Gasteiger partial charge in [0.15, 0.2) is 0 Å². The van der Waals surface area contributed by atoms with Crippen LogP contribution in [-0.2, 0) is 4.79 Å². The highest BCUT2D eigenvalue weighted by Crippen LogP contribution is 2.07. The molecule has 0 atom stereocenters. The molecule has 0 aromatic heterocycles. The average molecular weight is 141 g/mol. The van der Waals surface area contributed by atoms with Crippen molar-refractivity contribution in [2.75, 3.05) is 20.1 Å². The van der Waals surface area contributed by atoms with E-state index >= 15 is 0 Å². The van der Waals surface area contributed by atoms with Crippen LogP contribution in [0.15, 0.2) is 0 Å². The minimum absolute atomic E-state index is 0.300. The average Bonchev–Trinajstić information content (AvgIpc) is 1.95. The molecule has 1 aliphatic heterocycles. The number of rotatable bonds is 2. The minimum atomic E-state index is 0.300. The maximum Gasteiger partial charge on any atom is 0.228 e. The molecule has 3 nitrogen and oxygen atoms in total. The number of carbonyl (C=O) groups excluding carboxylic acids is 1. The van der Waals surface area contributed by atoms with E-state index in [4.69, 9.17) is 0 Å². The van der Waals surface area contributed by atoms with Gasteiger partial charge in [-0.15, -0.1) is 0 Å². The van der Waals surface area contributed by atoms with Gasteiger partial charge in [-0.2, -0.15) is 0 Å². The van der Waals surface area contributed by atoms with Crippen molar-refractivity contribution in [3.05, 3.63) is 0 Å². The van der Waals surface area contributed by atoms with Crippen molar-refractivity contribution >= 4 is 6.41 Å². The van der Waals surface area contributed by atoms with E-state index in [0.717, 1.165) is 25.9 Å². The molecule has 0 N–H and O–H groups in total. The van der Waals surface area contributed by atoms with E-state index in [1.165, 1.54) is 0 Å². The third-order valence-corrected chi connectivity index (χ3v) is 1.96. The lowest BCUT2D eigenvalue weighted by Gasteiger charge is -2.26. The Kier molecular flexibility index (Phi) is 2.68. The van der Waals surface area contributed by atoms with Crippen molar-refractivity contribution in [2.45, 2.75) is 18.9 Å². The van der Waals surface area contributed by atoms with E-state index < -0.39 is 0 Å². The van der Waals surface area contributed by atoms with Crippen LogP contribution in [0.4, 0.5) is 0 Å². The van der Waals surface area contributed by atoms with Crippen LogP contribution in [-0.4, -0.2) is 37.5 Å². The highest BCUT2D eigenvalue weighted by atomic mass is 16.1. The lowest BCUT2D eigenvalue weighted by Crippen LogP contribution is -2.37. The summed E-state index contributed by atoms with van der Waals surface area (Å²) in [6, 6.07) is 0.300. The summed E-state index contributed by atoms with van der Waals surface area (Å²) >= 11 is 0. The summed E-state index contributed by atoms with van der Waals surface area (Å²) in [6.07, 6.45) is 2.75. The van der Waals surface area contributed by atoms with Crippen LogP contribution >= 0.6 is 0 Å². The SMILES string of the molecule is CN1CCC([N]C=O)CC1. The molecule has 1 fully saturated rings. The number of nitrogens with zero attached hydrogens (tertiary/aromatic N) is 2. The summed E-state index contributed by atoms with van der Waals surface area (Å²) in [4.78, 5) is 12.2. The first-order valence-electron chi connectivity index (χ1n) is 3.65. The van der Waals surface area contributed by atoms with Gasteiger partial charge in [0.05, 0.1) is 6.04 Å². The molecule has 0 unspecified atom stereocenters. The lowest BCUT2D eigenvalue weighted by molar-refractivity contribution is -0.110. The Bertz CT molecular complexity index is 108. The van der Waals surface area contributed by atoms with Crippen LogP contribution in [0.1, 0.15) is 12.8 Å². The van der Waals surface area contributed by atoms with Gasteiger partial charge in [-0.3, -0.25) is 10.1 Å². The predicted octanol–water partition coefficient (Wildman–Crippen LogP) is -0.159. The summed E-state index contributed by atoms with van der Waals surface area (Å²) in [5.74, 6) is 0. The van der Waals surface area contributed by atoms with Crippen molar-refractivity contribution in [1.82, 2.24) is 10.2 Å². The second-order valence-corrected chi connectivity index (χ2v) is 2.79. The van der Waals surface area contributed by atoms with Gasteiger partial charge in [0.2, 0.25) is 6.41 Å². The largest absolute Gasteiger partial charge is 0.306 e. The van der Waals surface area contributed by atoms with Gasteiger partial charge in [0.25, 0.3) is 0 Å². The van der Waals surface area contributed by atoms with E-state index in [1.807, 2.05) is 0 Å².